The fourth-order valence-electron chi connectivity index (χ4n) is 6.52. The normalized spacial score (nSPS) is 20.1. The highest BCUT2D eigenvalue weighted by Crippen LogP contribution is 2.49. The van der Waals surface area contributed by atoms with Gasteiger partial charge in [0.15, 0.2) is 0 Å². The van der Waals surface area contributed by atoms with Gasteiger partial charge in [0, 0.05) is 77.2 Å². The van der Waals surface area contributed by atoms with Gasteiger partial charge in [-0.1, -0.05) is 12.6 Å². The van der Waals surface area contributed by atoms with Gasteiger partial charge in [0.25, 0.3) is 5.56 Å². The second-order valence-corrected chi connectivity index (χ2v) is 12.5. The molecular formula is C32H28F5N5O3S. The molecule has 6 rings (SSSR count). The van der Waals surface area contributed by atoms with Crippen LogP contribution in [0.5, 0.6) is 0 Å². The van der Waals surface area contributed by atoms with E-state index in [2.05, 4.69) is 11.6 Å². The van der Waals surface area contributed by atoms with Gasteiger partial charge < -0.3 is 14.4 Å². The molecule has 0 bridgehead atoms. The number of piperazine rings is 1. The minimum Gasteiger partial charge on any atom is -0.352 e. The van der Waals surface area contributed by atoms with E-state index in [1.54, 1.807) is 35.8 Å². The molecular weight excluding hydrogens is 629 g/mol. The molecule has 0 N–H and O–H groups in total. The lowest BCUT2D eigenvalue weighted by Crippen LogP contribution is -2.58. The molecule has 46 heavy (non-hydrogen) atoms. The number of benzene rings is 2. The van der Waals surface area contributed by atoms with Gasteiger partial charge in [-0.25, -0.2) is 13.6 Å². The van der Waals surface area contributed by atoms with Crippen molar-refractivity contribution in [2.75, 3.05) is 23.7 Å². The molecule has 0 unspecified atom stereocenters. The average Bonchev–Trinajstić information content (AvgIpc) is 3.19. The number of alkyl halides is 3. The zero-order valence-electron chi connectivity index (χ0n) is 24.7. The van der Waals surface area contributed by atoms with Crippen LogP contribution in [0.3, 0.4) is 0 Å². The summed E-state index contributed by atoms with van der Waals surface area (Å²) in [5.74, 6) is -2.41. The third kappa shape index (κ3) is 5.37. The molecule has 8 nitrogen and oxygen atoms in total. The van der Waals surface area contributed by atoms with Crippen molar-refractivity contribution in [3.8, 4) is 11.1 Å². The molecule has 240 valence electrons. The minimum atomic E-state index is -4.99. The van der Waals surface area contributed by atoms with Gasteiger partial charge in [-0.3, -0.25) is 14.2 Å². The van der Waals surface area contributed by atoms with Crippen LogP contribution in [-0.4, -0.2) is 55.9 Å². The van der Waals surface area contributed by atoms with E-state index in [4.69, 9.17) is 0 Å². The van der Waals surface area contributed by atoms with Crippen molar-refractivity contribution in [2.24, 2.45) is 0 Å². The van der Waals surface area contributed by atoms with Crippen LogP contribution in [0, 0.1) is 11.6 Å². The first-order chi connectivity index (χ1) is 21.8. The molecule has 0 radical (unpaired) electrons. The lowest BCUT2D eigenvalue weighted by molar-refractivity contribution is -0.137. The summed E-state index contributed by atoms with van der Waals surface area (Å²) in [6.45, 7) is 7.33. The number of pyridine rings is 1. The molecule has 1 fully saturated rings. The van der Waals surface area contributed by atoms with Gasteiger partial charge >= 0.3 is 11.9 Å². The topological polar surface area (TPSA) is 80.4 Å². The molecule has 2 aliphatic rings. The molecule has 4 aromatic rings. The zero-order valence-corrected chi connectivity index (χ0v) is 25.5. The first-order valence-electron chi connectivity index (χ1n) is 14.4. The number of carbonyl (C=O) groups is 1. The van der Waals surface area contributed by atoms with Crippen molar-refractivity contribution in [2.45, 2.75) is 49.6 Å². The van der Waals surface area contributed by atoms with E-state index in [1.165, 1.54) is 27.5 Å². The number of aromatic nitrogens is 3. The highest BCUT2D eigenvalue weighted by molar-refractivity contribution is 7.99. The number of carbonyl (C=O) groups excluding carboxylic acids is 1. The molecule has 0 saturated carbocycles. The quantitative estimate of drug-likeness (QED) is 0.214. The van der Waals surface area contributed by atoms with Crippen molar-refractivity contribution in [1.82, 2.24) is 19.0 Å². The number of amides is 1. The van der Waals surface area contributed by atoms with Crippen LogP contribution < -0.4 is 16.1 Å². The Kier molecular flexibility index (Phi) is 8.03. The molecule has 2 aliphatic heterocycles. The minimum absolute atomic E-state index is 0.00431. The maximum Gasteiger partial charge on any atom is 0.417 e. The number of nitrogens with zero attached hydrogens (tertiary/aromatic N) is 5. The van der Waals surface area contributed by atoms with Crippen LogP contribution in [0.15, 0.2) is 75.8 Å². The molecule has 4 heterocycles. The molecule has 14 heteroatoms. The number of rotatable bonds is 4. The molecule has 2 aromatic carbocycles. The fraction of sp³-hybridized carbons (Fsp3) is 0.312. The second-order valence-electron chi connectivity index (χ2n) is 11.4. The van der Waals surface area contributed by atoms with Crippen LogP contribution in [0.2, 0.25) is 0 Å². The van der Waals surface area contributed by atoms with Gasteiger partial charge in [-0.2, -0.15) is 18.2 Å². The average molecular weight is 658 g/mol. The Morgan fingerprint density at radius 1 is 1.04 bits per heavy atom. The van der Waals surface area contributed by atoms with Gasteiger partial charge in [-0.05, 0) is 44.2 Å². The highest BCUT2D eigenvalue weighted by Gasteiger charge is 2.40. The molecule has 2 aromatic heterocycles. The number of hydrogen-bond donors (Lipinski definition) is 0. The SMILES string of the molecule is C=CC(=O)N1[C@H](C)CN(c2nc(=O)n3c4c(c(-c5ccc(F)cc5F)c(C(F)(F)F)cc24)SC[C@@H](n2ccccc2=O)C3)C[C@@H]1C. The fourth-order valence-corrected chi connectivity index (χ4v) is 7.86. The van der Waals surface area contributed by atoms with Gasteiger partial charge in [0.1, 0.15) is 17.5 Å². The largest absolute Gasteiger partial charge is 0.417 e. The van der Waals surface area contributed by atoms with E-state index >= 15 is 4.39 Å². The first-order valence-corrected chi connectivity index (χ1v) is 15.4. The Balaban J connectivity index is 1.66. The second kappa shape index (κ2) is 11.7. The van der Waals surface area contributed by atoms with Crippen LogP contribution in [-0.2, 0) is 17.5 Å². The summed E-state index contributed by atoms with van der Waals surface area (Å²) >= 11 is 0.961. The lowest BCUT2D eigenvalue weighted by Gasteiger charge is -2.44. The van der Waals surface area contributed by atoms with E-state index in [-0.39, 0.29) is 58.5 Å². The molecule has 3 atom stereocenters. The Labute approximate surface area is 263 Å². The Morgan fingerprint density at radius 2 is 1.76 bits per heavy atom. The van der Waals surface area contributed by atoms with Crippen molar-refractivity contribution >= 4 is 34.4 Å². The third-order valence-corrected chi connectivity index (χ3v) is 9.65. The number of halogens is 5. The van der Waals surface area contributed by atoms with Gasteiger partial charge in [0.05, 0.1) is 17.1 Å². The predicted octanol–water partition coefficient (Wildman–Crippen LogP) is 5.48. The smallest absolute Gasteiger partial charge is 0.352 e. The number of anilines is 1. The molecule has 1 saturated heterocycles. The van der Waals surface area contributed by atoms with E-state index in [0.29, 0.717) is 6.07 Å². The summed E-state index contributed by atoms with van der Waals surface area (Å²) in [5.41, 5.74) is -3.23. The lowest BCUT2D eigenvalue weighted by atomic mass is 9.95. The van der Waals surface area contributed by atoms with Crippen molar-refractivity contribution in [3.63, 3.8) is 0 Å². The standard InChI is InChI=1S/C32H28F5N5O3S/c1-4-25(43)42-17(2)13-39(14-18(42)3)30-22-12-23(32(35,36)37)27(21-9-8-19(33)11-24(21)34)29-28(22)41(31(45)38-30)15-20(16-46-29)40-10-6-5-7-26(40)44/h4-12,17-18,20H,1,13-16H2,2-3H3/t17-,18+,20-/m0/s1. The van der Waals surface area contributed by atoms with E-state index in [0.717, 1.165) is 30.0 Å². The first kappa shape index (κ1) is 31.5. The van der Waals surface area contributed by atoms with Gasteiger partial charge in [0.2, 0.25) is 5.91 Å². The number of hydrogen-bond acceptors (Lipinski definition) is 6. The van der Waals surface area contributed by atoms with Crippen LogP contribution >= 0.6 is 11.8 Å². The summed E-state index contributed by atoms with van der Waals surface area (Å²) in [4.78, 5) is 46.7. The molecule has 0 spiro atoms. The summed E-state index contributed by atoms with van der Waals surface area (Å²) < 4.78 is 76.7. The van der Waals surface area contributed by atoms with Crippen LogP contribution in [0.25, 0.3) is 22.0 Å². The monoisotopic (exact) mass is 657 g/mol. The maximum atomic E-state index is 15.3. The molecule has 1 amide bonds. The summed E-state index contributed by atoms with van der Waals surface area (Å²) in [7, 11) is 0. The van der Waals surface area contributed by atoms with Crippen LogP contribution in [0.1, 0.15) is 25.5 Å². The number of thioether (sulfide) groups is 1. The van der Waals surface area contributed by atoms with E-state index in [9.17, 15) is 31.9 Å². The zero-order chi connectivity index (χ0) is 33.1. The molecule has 0 aliphatic carbocycles. The summed E-state index contributed by atoms with van der Waals surface area (Å²) in [5, 5.41) is 0.00431. The Bertz CT molecular complexity index is 2000. The van der Waals surface area contributed by atoms with Crippen molar-refractivity contribution in [3.05, 3.63) is 99.4 Å². The van der Waals surface area contributed by atoms with Crippen molar-refractivity contribution < 1.29 is 26.7 Å². The Hall–Kier alpha value is -4.46. The predicted molar refractivity (Wildman–Crippen MR) is 165 cm³/mol. The maximum absolute atomic E-state index is 15.3. The van der Waals surface area contributed by atoms with E-state index in [1.807, 2.05) is 0 Å². The van der Waals surface area contributed by atoms with E-state index < -0.39 is 58.3 Å². The summed E-state index contributed by atoms with van der Waals surface area (Å²) in [6, 6.07) is 6.24. The summed E-state index contributed by atoms with van der Waals surface area (Å²) in [6.07, 6.45) is -2.27. The van der Waals surface area contributed by atoms with Gasteiger partial charge in [-0.15, -0.1) is 11.8 Å². The van der Waals surface area contributed by atoms with Crippen LogP contribution in [0.4, 0.5) is 27.8 Å². The van der Waals surface area contributed by atoms with Crippen molar-refractivity contribution in [1.29, 1.82) is 0 Å². The highest BCUT2D eigenvalue weighted by atomic mass is 32.2. The third-order valence-electron chi connectivity index (χ3n) is 8.41. The Morgan fingerprint density at radius 3 is 2.39 bits per heavy atom.